The SMILES string of the molecule is C=C1C[C@@]2(CC[C@H](CC[C@]3(O)CCC[C@H](O)C3)C2)[C@@H]2O[C@]2(C)CC[C@H]2[C@@H]1C[C@]2(C)[C@H]1CC[C@H](CNC(N)=NC[C@H](CCc2ccccc2)c2cccc3cocc23)C1. The maximum absolute atomic E-state index is 11.3. The largest absolute Gasteiger partial charge is 0.471 e. The highest BCUT2D eigenvalue weighted by atomic mass is 16.6. The van der Waals surface area contributed by atoms with Gasteiger partial charge in [0.05, 0.1) is 35.9 Å². The molecule has 1 aromatic heterocycles. The molecule has 58 heavy (non-hydrogen) atoms. The van der Waals surface area contributed by atoms with E-state index in [2.05, 4.69) is 67.7 Å². The number of guanidine groups is 1. The van der Waals surface area contributed by atoms with Gasteiger partial charge in [-0.2, -0.15) is 0 Å². The highest BCUT2D eigenvalue weighted by Crippen LogP contribution is 2.69. The number of aliphatic hydroxyl groups excluding tert-OH is 1. The summed E-state index contributed by atoms with van der Waals surface area (Å²) >= 11 is 0. The molecule has 2 aromatic carbocycles. The molecule has 1 spiro atoms. The summed E-state index contributed by atoms with van der Waals surface area (Å²) in [5, 5.41) is 27.4. The minimum atomic E-state index is -0.678. The number of nitrogens with one attached hydrogen (secondary N) is 1. The number of aliphatic imine (C=N–C) groups is 1. The number of allylic oxidation sites excluding steroid dienone is 1. The number of furan rings is 1. The van der Waals surface area contributed by atoms with Crippen molar-refractivity contribution >= 4 is 16.7 Å². The standard InChI is InChI=1S/C51H71N3O4/c1-34-26-50(23-18-36(27-50)19-24-51(56)21-8-12-41(55)28-51)46-49(3,58-46)22-20-45-43(34)29-48(45,2)40-17-15-37(25-40)30-53-47(52)54-31-38(16-14-35-9-5-4-6-10-35)42-13-7-11-39-32-57-33-44(39)42/h4-7,9-11,13,32-33,36-38,40-41,43,45-46,55-56H,1,8,12,14-31H2,2-3H3,(H3,52,53,54)/t36-,37+,38+,40+,41+,43-,45+,46-,48-,49-,50-,51-/m1/s1. The van der Waals surface area contributed by atoms with E-state index in [1.807, 2.05) is 12.5 Å². The Labute approximate surface area is 347 Å². The van der Waals surface area contributed by atoms with E-state index >= 15 is 0 Å². The van der Waals surface area contributed by atoms with E-state index in [4.69, 9.17) is 26.5 Å². The van der Waals surface area contributed by atoms with Crippen LogP contribution in [0.4, 0.5) is 0 Å². The molecule has 6 aliphatic rings. The van der Waals surface area contributed by atoms with Crippen molar-refractivity contribution in [3.8, 4) is 0 Å². The Morgan fingerprint density at radius 3 is 2.67 bits per heavy atom. The van der Waals surface area contributed by atoms with Crippen molar-refractivity contribution in [1.29, 1.82) is 0 Å². The number of aryl methyl sites for hydroxylation is 1. The van der Waals surface area contributed by atoms with Gasteiger partial charge in [-0.05, 0) is 162 Å². The summed E-state index contributed by atoms with van der Waals surface area (Å²) in [6, 6.07) is 17.2. The van der Waals surface area contributed by atoms with E-state index in [0.29, 0.717) is 54.1 Å². The van der Waals surface area contributed by atoms with Crippen LogP contribution in [0.2, 0.25) is 0 Å². The Kier molecular flexibility index (Phi) is 11.1. The molecule has 0 amide bonds. The van der Waals surface area contributed by atoms with Crippen molar-refractivity contribution < 1.29 is 19.4 Å². The maximum atomic E-state index is 11.3. The number of aliphatic hydroxyl groups is 2. The van der Waals surface area contributed by atoms with Crippen LogP contribution in [0.15, 0.2) is 82.6 Å². The molecule has 1 aliphatic heterocycles. The molecule has 2 heterocycles. The van der Waals surface area contributed by atoms with E-state index in [9.17, 15) is 10.2 Å². The molecule has 5 saturated carbocycles. The number of benzene rings is 2. The Hall–Kier alpha value is -3.13. The predicted molar refractivity (Wildman–Crippen MR) is 233 cm³/mol. The second-order valence-corrected chi connectivity index (χ2v) is 21.0. The first kappa shape index (κ1) is 40.3. The number of ether oxygens (including phenoxy) is 1. The Morgan fingerprint density at radius 2 is 1.83 bits per heavy atom. The average Bonchev–Trinajstić information content (AvgIpc) is 3.65. The fourth-order valence-electron chi connectivity index (χ4n) is 13.8. The normalized spacial score (nSPS) is 39.3. The Bertz CT molecular complexity index is 1940. The lowest BCUT2D eigenvalue weighted by Crippen LogP contribution is -2.51. The number of epoxide rings is 1. The van der Waals surface area contributed by atoms with Crippen LogP contribution in [-0.4, -0.2) is 52.7 Å². The summed E-state index contributed by atoms with van der Waals surface area (Å²) in [6.07, 6.45) is 23.1. The summed E-state index contributed by atoms with van der Waals surface area (Å²) in [5.41, 5.74) is 10.6. The predicted octanol–water partition coefficient (Wildman–Crippen LogP) is 10.2. The molecule has 1 saturated heterocycles. The first-order valence-corrected chi connectivity index (χ1v) is 23.2. The van der Waals surface area contributed by atoms with Crippen molar-refractivity contribution in [2.45, 2.75) is 159 Å². The highest BCUT2D eigenvalue weighted by Gasteiger charge is 2.67. The van der Waals surface area contributed by atoms with Crippen molar-refractivity contribution in [3.05, 3.63) is 84.3 Å². The van der Waals surface area contributed by atoms with Crippen LogP contribution in [0.25, 0.3) is 10.8 Å². The van der Waals surface area contributed by atoms with Crippen LogP contribution in [0.5, 0.6) is 0 Å². The van der Waals surface area contributed by atoms with Crippen molar-refractivity contribution in [2.24, 2.45) is 51.1 Å². The highest BCUT2D eigenvalue weighted by molar-refractivity contribution is 5.85. The third kappa shape index (κ3) is 8.06. The van der Waals surface area contributed by atoms with Gasteiger partial charge in [0.1, 0.15) is 0 Å². The van der Waals surface area contributed by atoms with Gasteiger partial charge in [0.2, 0.25) is 0 Å². The monoisotopic (exact) mass is 790 g/mol. The van der Waals surface area contributed by atoms with E-state index in [-0.39, 0.29) is 23.0 Å². The topological polar surface area (TPSA) is 117 Å². The van der Waals surface area contributed by atoms with Crippen LogP contribution in [-0.2, 0) is 11.2 Å². The van der Waals surface area contributed by atoms with Crippen LogP contribution in [0.3, 0.4) is 0 Å². The van der Waals surface area contributed by atoms with Gasteiger partial charge in [-0.3, -0.25) is 4.99 Å². The van der Waals surface area contributed by atoms with E-state index in [1.54, 1.807) is 0 Å². The van der Waals surface area contributed by atoms with Crippen LogP contribution in [0, 0.1) is 40.4 Å². The second-order valence-electron chi connectivity index (χ2n) is 21.0. The van der Waals surface area contributed by atoms with Crippen molar-refractivity contribution in [2.75, 3.05) is 13.1 Å². The summed E-state index contributed by atoms with van der Waals surface area (Å²) in [6.45, 7) is 11.4. The molecular weight excluding hydrogens is 719 g/mol. The lowest BCUT2D eigenvalue weighted by molar-refractivity contribution is -0.0693. The summed E-state index contributed by atoms with van der Waals surface area (Å²) in [4.78, 5) is 4.95. The molecule has 0 radical (unpaired) electrons. The number of rotatable bonds is 12. The molecule has 6 fully saturated rings. The Balaban J connectivity index is 0.792. The summed E-state index contributed by atoms with van der Waals surface area (Å²) in [5.74, 6) is 4.12. The summed E-state index contributed by atoms with van der Waals surface area (Å²) in [7, 11) is 0. The first-order valence-electron chi connectivity index (χ1n) is 23.2. The molecule has 7 heteroatoms. The molecule has 0 bridgehead atoms. The zero-order chi connectivity index (χ0) is 40.1. The Morgan fingerprint density at radius 1 is 0.966 bits per heavy atom. The molecule has 3 aromatic rings. The van der Waals surface area contributed by atoms with Gasteiger partial charge >= 0.3 is 0 Å². The lowest BCUT2D eigenvalue weighted by Gasteiger charge is -2.58. The molecule has 12 atom stereocenters. The van der Waals surface area contributed by atoms with E-state index in [1.165, 1.54) is 73.5 Å². The molecule has 5 N–H and O–H groups in total. The van der Waals surface area contributed by atoms with E-state index in [0.717, 1.165) is 75.6 Å². The van der Waals surface area contributed by atoms with Gasteiger partial charge in [-0.1, -0.05) is 67.6 Å². The quantitative estimate of drug-likeness (QED) is 0.0629. The van der Waals surface area contributed by atoms with Crippen LogP contribution >= 0.6 is 0 Å². The third-order valence-corrected chi connectivity index (χ3v) is 17.2. The van der Waals surface area contributed by atoms with Gasteiger partial charge in [-0.15, -0.1) is 0 Å². The molecule has 7 nitrogen and oxygen atoms in total. The zero-order valence-corrected chi connectivity index (χ0v) is 35.5. The lowest BCUT2D eigenvalue weighted by atomic mass is 9.46. The average molecular weight is 790 g/mol. The first-order chi connectivity index (χ1) is 27.9. The van der Waals surface area contributed by atoms with Crippen LogP contribution < -0.4 is 11.1 Å². The zero-order valence-electron chi connectivity index (χ0n) is 35.5. The second kappa shape index (κ2) is 16.0. The number of hydrogen-bond acceptors (Lipinski definition) is 5. The van der Waals surface area contributed by atoms with Gasteiger partial charge in [0.15, 0.2) is 5.96 Å². The van der Waals surface area contributed by atoms with Gasteiger partial charge in [0, 0.05) is 41.6 Å². The fraction of sp³-hybridized carbons (Fsp3) is 0.667. The summed E-state index contributed by atoms with van der Waals surface area (Å²) < 4.78 is 12.4. The number of fused-ring (bicyclic) bond motifs is 4. The number of nitrogens with two attached hydrogens (primary N) is 1. The van der Waals surface area contributed by atoms with Gasteiger partial charge in [0.25, 0.3) is 0 Å². The van der Waals surface area contributed by atoms with E-state index < -0.39 is 5.60 Å². The van der Waals surface area contributed by atoms with Crippen LogP contribution in [0.1, 0.15) is 140 Å². The molecule has 0 unspecified atom stereocenters. The third-order valence-electron chi connectivity index (χ3n) is 17.2. The van der Waals surface area contributed by atoms with Gasteiger partial charge in [-0.25, -0.2) is 0 Å². The van der Waals surface area contributed by atoms with Gasteiger partial charge < -0.3 is 30.4 Å². The minimum absolute atomic E-state index is 0.00315. The van der Waals surface area contributed by atoms with Crippen molar-refractivity contribution in [1.82, 2.24) is 5.32 Å². The molecule has 9 rings (SSSR count). The maximum Gasteiger partial charge on any atom is 0.188 e. The minimum Gasteiger partial charge on any atom is -0.471 e. The number of hydrogen-bond donors (Lipinski definition) is 4. The molecular formula is C51H71N3O4. The number of nitrogens with zero attached hydrogens (tertiary/aromatic N) is 1. The molecule has 314 valence electrons. The van der Waals surface area contributed by atoms with Crippen molar-refractivity contribution in [3.63, 3.8) is 0 Å². The molecule has 5 aliphatic carbocycles. The fourth-order valence-corrected chi connectivity index (χ4v) is 13.8. The smallest absolute Gasteiger partial charge is 0.188 e.